The molecule has 5 nitrogen and oxygen atoms in total. The molecule has 0 bridgehead atoms. The van der Waals surface area contributed by atoms with Crippen molar-refractivity contribution in [1.29, 1.82) is 0 Å². The van der Waals surface area contributed by atoms with Crippen LogP contribution < -0.4 is 0 Å². The van der Waals surface area contributed by atoms with Gasteiger partial charge in [0.2, 0.25) is 5.91 Å². The summed E-state index contributed by atoms with van der Waals surface area (Å²) in [4.78, 5) is 24.0. The van der Waals surface area contributed by atoms with Gasteiger partial charge in [-0.1, -0.05) is 23.7 Å². The molecule has 0 spiro atoms. The van der Waals surface area contributed by atoms with Gasteiger partial charge < -0.3 is 4.90 Å². The predicted octanol–water partition coefficient (Wildman–Crippen LogP) is 2.77. The molecule has 1 amide bonds. The van der Waals surface area contributed by atoms with E-state index in [4.69, 9.17) is 11.6 Å². The van der Waals surface area contributed by atoms with Gasteiger partial charge in [0.25, 0.3) is 0 Å². The molecule has 1 aliphatic heterocycles. The van der Waals surface area contributed by atoms with Gasteiger partial charge >= 0.3 is 0 Å². The van der Waals surface area contributed by atoms with Crippen LogP contribution in [0.2, 0.25) is 5.02 Å². The molecule has 0 atom stereocenters. The van der Waals surface area contributed by atoms with Crippen molar-refractivity contribution in [1.82, 2.24) is 19.8 Å². The number of aryl methyl sites for hydroxylation is 1. The number of hydrogen-bond donors (Lipinski definition) is 0. The van der Waals surface area contributed by atoms with Crippen molar-refractivity contribution in [3.8, 4) is 11.3 Å². The van der Waals surface area contributed by atoms with Crippen LogP contribution in [-0.4, -0.2) is 51.9 Å². The Bertz CT molecular complexity index is 742. The molecule has 1 fully saturated rings. The molecule has 0 unspecified atom stereocenters. The SMILES string of the molecule is CC(=O)N1CCN(Cc2ccc(-c3cc(C)ncn3)c(Cl)c2)CC1. The third-order valence-corrected chi connectivity index (χ3v) is 4.65. The van der Waals surface area contributed by atoms with Crippen LogP contribution in [0.15, 0.2) is 30.6 Å². The van der Waals surface area contributed by atoms with Gasteiger partial charge in [0.05, 0.1) is 10.7 Å². The quantitative estimate of drug-likeness (QED) is 0.859. The first-order valence-electron chi connectivity index (χ1n) is 8.08. The standard InChI is InChI=1S/C18H21ClN4O/c1-13-9-18(21-12-20-13)16-4-3-15(10-17(16)19)11-22-5-7-23(8-6-22)14(2)24/h3-4,9-10,12H,5-8,11H2,1-2H3. The molecule has 2 aromatic rings. The van der Waals surface area contributed by atoms with Crippen LogP contribution in [0.5, 0.6) is 0 Å². The summed E-state index contributed by atoms with van der Waals surface area (Å²) in [6, 6.07) is 8.05. The molecule has 1 aliphatic rings. The largest absolute Gasteiger partial charge is 0.340 e. The van der Waals surface area contributed by atoms with E-state index in [1.807, 2.05) is 30.0 Å². The summed E-state index contributed by atoms with van der Waals surface area (Å²) in [5.41, 5.74) is 3.86. The normalized spacial score (nSPS) is 15.5. The lowest BCUT2D eigenvalue weighted by atomic mass is 10.1. The minimum absolute atomic E-state index is 0.155. The summed E-state index contributed by atoms with van der Waals surface area (Å²) in [5, 5.41) is 0.702. The molecule has 126 valence electrons. The van der Waals surface area contributed by atoms with E-state index in [0.29, 0.717) is 5.02 Å². The van der Waals surface area contributed by atoms with Gasteiger partial charge in [0.15, 0.2) is 0 Å². The third kappa shape index (κ3) is 3.91. The number of amides is 1. The number of benzene rings is 1. The van der Waals surface area contributed by atoms with E-state index in [9.17, 15) is 4.79 Å². The second-order valence-corrected chi connectivity index (χ2v) is 6.55. The van der Waals surface area contributed by atoms with Crippen LogP contribution in [0, 0.1) is 6.92 Å². The topological polar surface area (TPSA) is 49.3 Å². The van der Waals surface area contributed by atoms with Crippen molar-refractivity contribution in [3.05, 3.63) is 46.9 Å². The Hall–Kier alpha value is -1.98. The highest BCUT2D eigenvalue weighted by molar-refractivity contribution is 6.33. The minimum atomic E-state index is 0.155. The highest BCUT2D eigenvalue weighted by atomic mass is 35.5. The number of rotatable bonds is 3. The number of nitrogens with zero attached hydrogens (tertiary/aromatic N) is 4. The van der Waals surface area contributed by atoms with Crippen molar-refractivity contribution >= 4 is 17.5 Å². The van der Waals surface area contributed by atoms with Gasteiger partial charge in [-0.3, -0.25) is 9.69 Å². The van der Waals surface area contributed by atoms with Crippen LogP contribution in [0.3, 0.4) is 0 Å². The second-order valence-electron chi connectivity index (χ2n) is 6.14. The van der Waals surface area contributed by atoms with Gasteiger partial charge in [-0.2, -0.15) is 0 Å². The maximum atomic E-state index is 11.4. The molecule has 24 heavy (non-hydrogen) atoms. The molecular formula is C18H21ClN4O. The van der Waals surface area contributed by atoms with Gasteiger partial charge in [0.1, 0.15) is 6.33 Å². The molecule has 0 saturated carbocycles. The lowest BCUT2D eigenvalue weighted by Crippen LogP contribution is -2.47. The fraction of sp³-hybridized carbons (Fsp3) is 0.389. The van der Waals surface area contributed by atoms with E-state index in [1.165, 1.54) is 5.56 Å². The summed E-state index contributed by atoms with van der Waals surface area (Å²) in [5.74, 6) is 0.155. The molecule has 1 aromatic heterocycles. The summed E-state index contributed by atoms with van der Waals surface area (Å²) >= 11 is 6.47. The smallest absolute Gasteiger partial charge is 0.219 e. The second kappa shape index (κ2) is 7.28. The van der Waals surface area contributed by atoms with Gasteiger partial charge in [0, 0.05) is 50.9 Å². The molecular weight excluding hydrogens is 324 g/mol. The van der Waals surface area contributed by atoms with Crippen LogP contribution in [0.25, 0.3) is 11.3 Å². The van der Waals surface area contributed by atoms with E-state index in [1.54, 1.807) is 13.3 Å². The number of halogens is 1. The van der Waals surface area contributed by atoms with Gasteiger partial charge in [-0.25, -0.2) is 9.97 Å². The Morgan fingerprint density at radius 1 is 1.17 bits per heavy atom. The average Bonchev–Trinajstić information content (AvgIpc) is 2.55. The van der Waals surface area contributed by atoms with Crippen molar-refractivity contribution in [2.75, 3.05) is 26.2 Å². The first-order valence-corrected chi connectivity index (χ1v) is 8.46. The fourth-order valence-electron chi connectivity index (χ4n) is 2.95. The molecule has 0 radical (unpaired) electrons. The monoisotopic (exact) mass is 344 g/mol. The van der Waals surface area contributed by atoms with E-state index in [0.717, 1.165) is 49.7 Å². The maximum Gasteiger partial charge on any atom is 0.219 e. The molecule has 6 heteroatoms. The highest BCUT2D eigenvalue weighted by Gasteiger charge is 2.18. The van der Waals surface area contributed by atoms with E-state index < -0.39 is 0 Å². The fourth-order valence-corrected chi connectivity index (χ4v) is 3.25. The summed E-state index contributed by atoms with van der Waals surface area (Å²) in [6.07, 6.45) is 1.56. The number of aromatic nitrogens is 2. The van der Waals surface area contributed by atoms with Crippen molar-refractivity contribution in [3.63, 3.8) is 0 Å². The van der Waals surface area contributed by atoms with Crippen molar-refractivity contribution in [2.45, 2.75) is 20.4 Å². The zero-order valence-electron chi connectivity index (χ0n) is 14.0. The Labute approximate surface area is 147 Å². The first kappa shape index (κ1) is 16.9. The number of carbonyl (C=O) groups excluding carboxylic acids is 1. The summed E-state index contributed by atoms with van der Waals surface area (Å²) < 4.78 is 0. The number of hydrogen-bond acceptors (Lipinski definition) is 4. The number of piperazine rings is 1. The Morgan fingerprint density at radius 3 is 2.54 bits per heavy atom. The van der Waals surface area contributed by atoms with Gasteiger partial charge in [-0.15, -0.1) is 0 Å². The lowest BCUT2D eigenvalue weighted by molar-refractivity contribution is -0.130. The van der Waals surface area contributed by atoms with Crippen LogP contribution in [0.1, 0.15) is 18.2 Å². The first-order chi connectivity index (χ1) is 11.5. The Kier molecular flexibility index (Phi) is 5.11. The Morgan fingerprint density at radius 2 is 1.92 bits per heavy atom. The summed E-state index contributed by atoms with van der Waals surface area (Å²) in [7, 11) is 0. The third-order valence-electron chi connectivity index (χ3n) is 4.34. The zero-order chi connectivity index (χ0) is 17.1. The van der Waals surface area contributed by atoms with Gasteiger partial charge in [-0.05, 0) is 24.6 Å². The van der Waals surface area contributed by atoms with Crippen LogP contribution >= 0.6 is 11.6 Å². The molecule has 1 aromatic carbocycles. The van der Waals surface area contributed by atoms with E-state index >= 15 is 0 Å². The average molecular weight is 345 g/mol. The van der Waals surface area contributed by atoms with Crippen molar-refractivity contribution < 1.29 is 4.79 Å². The highest BCUT2D eigenvalue weighted by Crippen LogP contribution is 2.28. The predicted molar refractivity (Wildman–Crippen MR) is 94.7 cm³/mol. The Balaban J connectivity index is 1.68. The van der Waals surface area contributed by atoms with E-state index in [-0.39, 0.29) is 5.91 Å². The molecule has 2 heterocycles. The van der Waals surface area contributed by atoms with Crippen LogP contribution in [0.4, 0.5) is 0 Å². The molecule has 3 rings (SSSR count). The van der Waals surface area contributed by atoms with Crippen LogP contribution in [-0.2, 0) is 11.3 Å². The molecule has 0 N–H and O–H groups in total. The zero-order valence-corrected chi connectivity index (χ0v) is 14.8. The number of carbonyl (C=O) groups is 1. The van der Waals surface area contributed by atoms with Crippen molar-refractivity contribution in [2.24, 2.45) is 0 Å². The van der Waals surface area contributed by atoms with E-state index in [2.05, 4.69) is 20.9 Å². The molecule has 1 saturated heterocycles. The maximum absolute atomic E-state index is 11.4. The lowest BCUT2D eigenvalue weighted by Gasteiger charge is -2.34. The minimum Gasteiger partial charge on any atom is -0.340 e. The summed E-state index contributed by atoms with van der Waals surface area (Å²) in [6.45, 7) is 7.78. The molecule has 0 aliphatic carbocycles.